The molecule has 0 fully saturated rings. The Balaban J connectivity index is 2.12. The first kappa shape index (κ1) is 9.85. The number of hydrogen-bond donors (Lipinski definition) is 1. The average molecular weight is 218 g/mol. The molecule has 1 aliphatic rings. The van der Waals surface area contributed by atoms with E-state index in [0.717, 1.165) is 31.6 Å². The van der Waals surface area contributed by atoms with Gasteiger partial charge in [0.1, 0.15) is 5.82 Å². The number of H-pyrrole nitrogens is 1. The van der Waals surface area contributed by atoms with Crippen LogP contribution in [0, 0.1) is 5.82 Å². The predicted octanol–water partition coefficient (Wildman–Crippen LogP) is 2.69. The Morgan fingerprint density at radius 1 is 1.44 bits per heavy atom. The van der Waals surface area contributed by atoms with Crippen molar-refractivity contribution in [2.24, 2.45) is 0 Å². The van der Waals surface area contributed by atoms with Crippen molar-refractivity contribution in [3.05, 3.63) is 35.3 Å². The van der Waals surface area contributed by atoms with Gasteiger partial charge in [-0.1, -0.05) is 6.92 Å². The normalized spacial score (nSPS) is 16.6. The van der Waals surface area contributed by atoms with E-state index in [1.807, 2.05) is 6.07 Å². The van der Waals surface area contributed by atoms with Crippen LogP contribution in [0.15, 0.2) is 18.2 Å². The third-order valence-corrected chi connectivity index (χ3v) is 3.46. The van der Waals surface area contributed by atoms with Gasteiger partial charge < -0.3 is 4.98 Å². The van der Waals surface area contributed by atoms with Gasteiger partial charge in [-0.25, -0.2) is 4.39 Å². The van der Waals surface area contributed by atoms with Gasteiger partial charge in [-0.3, -0.25) is 4.90 Å². The fraction of sp³-hybridized carbons (Fsp3) is 0.385. The lowest BCUT2D eigenvalue weighted by atomic mass is 10.0. The van der Waals surface area contributed by atoms with E-state index in [-0.39, 0.29) is 5.82 Å². The van der Waals surface area contributed by atoms with Gasteiger partial charge >= 0.3 is 0 Å². The molecule has 1 N–H and O–H groups in total. The van der Waals surface area contributed by atoms with Crippen molar-refractivity contribution in [2.45, 2.75) is 19.9 Å². The second kappa shape index (κ2) is 3.59. The molecule has 0 atom stereocenters. The van der Waals surface area contributed by atoms with E-state index >= 15 is 0 Å². The molecule has 84 valence electrons. The average Bonchev–Trinajstić information content (AvgIpc) is 2.64. The van der Waals surface area contributed by atoms with E-state index in [0.29, 0.717) is 0 Å². The monoisotopic (exact) mass is 218 g/mol. The summed E-state index contributed by atoms with van der Waals surface area (Å²) >= 11 is 0. The molecule has 0 aliphatic carbocycles. The molecule has 1 aromatic heterocycles. The molecule has 0 saturated heterocycles. The lowest BCUT2D eigenvalue weighted by molar-refractivity contribution is 0.266. The maximum absolute atomic E-state index is 13.1. The van der Waals surface area contributed by atoms with Gasteiger partial charge in [0.15, 0.2) is 0 Å². The summed E-state index contributed by atoms with van der Waals surface area (Å²) in [7, 11) is 0. The van der Waals surface area contributed by atoms with Crippen molar-refractivity contribution < 1.29 is 4.39 Å². The predicted molar refractivity (Wildman–Crippen MR) is 62.9 cm³/mol. The Bertz CT molecular complexity index is 530. The van der Waals surface area contributed by atoms with E-state index < -0.39 is 0 Å². The third-order valence-electron chi connectivity index (χ3n) is 3.46. The number of halogens is 1. The van der Waals surface area contributed by atoms with Gasteiger partial charge in [-0.15, -0.1) is 0 Å². The van der Waals surface area contributed by atoms with Gasteiger partial charge in [-0.2, -0.15) is 0 Å². The summed E-state index contributed by atoms with van der Waals surface area (Å²) in [4.78, 5) is 5.74. The summed E-state index contributed by atoms with van der Waals surface area (Å²) in [5.74, 6) is -0.168. The smallest absolute Gasteiger partial charge is 0.125 e. The highest BCUT2D eigenvalue weighted by atomic mass is 19.1. The number of nitrogens with one attached hydrogen (secondary N) is 1. The highest BCUT2D eigenvalue weighted by Crippen LogP contribution is 2.27. The first-order chi connectivity index (χ1) is 7.78. The van der Waals surface area contributed by atoms with Crippen molar-refractivity contribution >= 4 is 10.9 Å². The SMILES string of the molecule is CCN1CCc2c([nH]c3cc(F)ccc23)C1. The molecule has 0 spiro atoms. The summed E-state index contributed by atoms with van der Waals surface area (Å²) in [5.41, 5.74) is 3.57. The van der Waals surface area contributed by atoms with Crippen LogP contribution in [-0.4, -0.2) is 23.0 Å². The van der Waals surface area contributed by atoms with E-state index in [1.54, 1.807) is 12.1 Å². The number of aromatic amines is 1. The van der Waals surface area contributed by atoms with Crippen molar-refractivity contribution in [1.82, 2.24) is 9.88 Å². The maximum atomic E-state index is 13.1. The van der Waals surface area contributed by atoms with Crippen LogP contribution in [-0.2, 0) is 13.0 Å². The quantitative estimate of drug-likeness (QED) is 0.779. The molecule has 2 aromatic rings. The minimum atomic E-state index is -0.168. The van der Waals surface area contributed by atoms with Crippen LogP contribution in [0.5, 0.6) is 0 Å². The number of nitrogens with zero attached hydrogens (tertiary/aromatic N) is 1. The molecule has 2 nitrogen and oxygen atoms in total. The zero-order valence-corrected chi connectivity index (χ0v) is 9.39. The Labute approximate surface area is 94.1 Å². The first-order valence-electron chi connectivity index (χ1n) is 5.79. The van der Waals surface area contributed by atoms with Crippen molar-refractivity contribution in [2.75, 3.05) is 13.1 Å². The van der Waals surface area contributed by atoms with Gasteiger partial charge in [0.2, 0.25) is 0 Å². The number of likely N-dealkylation sites (N-methyl/N-ethyl adjacent to an activating group) is 1. The lowest BCUT2D eigenvalue weighted by Crippen LogP contribution is -2.29. The minimum Gasteiger partial charge on any atom is -0.357 e. The molecule has 0 amide bonds. The summed E-state index contributed by atoms with van der Waals surface area (Å²) in [5, 5.41) is 1.19. The molecule has 0 bridgehead atoms. The number of hydrogen-bond acceptors (Lipinski definition) is 1. The van der Waals surface area contributed by atoms with E-state index in [1.165, 1.54) is 16.6 Å². The molecular weight excluding hydrogens is 203 g/mol. The Hall–Kier alpha value is -1.35. The second-order valence-corrected chi connectivity index (χ2v) is 4.39. The molecule has 3 heteroatoms. The molecular formula is C13H15FN2. The second-order valence-electron chi connectivity index (χ2n) is 4.39. The van der Waals surface area contributed by atoms with E-state index in [4.69, 9.17) is 0 Å². The molecule has 1 aliphatic heterocycles. The van der Waals surface area contributed by atoms with Crippen LogP contribution in [0.2, 0.25) is 0 Å². The van der Waals surface area contributed by atoms with Crippen molar-refractivity contribution in [3.63, 3.8) is 0 Å². The van der Waals surface area contributed by atoms with Crippen LogP contribution in [0.1, 0.15) is 18.2 Å². The number of benzene rings is 1. The van der Waals surface area contributed by atoms with Gasteiger partial charge in [0.25, 0.3) is 0 Å². The minimum absolute atomic E-state index is 0.168. The molecule has 0 radical (unpaired) electrons. The molecule has 0 saturated carbocycles. The fourth-order valence-corrected chi connectivity index (χ4v) is 2.55. The summed E-state index contributed by atoms with van der Waals surface area (Å²) in [6, 6.07) is 5.02. The summed E-state index contributed by atoms with van der Waals surface area (Å²) in [6.45, 7) is 5.31. The number of fused-ring (bicyclic) bond motifs is 3. The molecule has 16 heavy (non-hydrogen) atoms. The Kier molecular flexibility index (Phi) is 2.21. The summed E-state index contributed by atoms with van der Waals surface area (Å²) < 4.78 is 13.1. The highest BCUT2D eigenvalue weighted by Gasteiger charge is 2.19. The van der Waals surface area contributed by atoms with Crippen LogP contribution < -0.4 is 0 Å². The zero-order chi connectivity index (χ0) is 11.1. The Morgan fingerprint density at radius 2 is 2.31 bits per heavy atom. The van der Waals surface area contributed by atoms with E-state index in [2.05, 4.69) is 16.8 Å². The lowest BCUT2D eigenvalue weighted by Gasteiger charge is -2.25. The molecule has 1 aromatic carbocycles. The third kappa shape index (κ3) is 1.43. The standard InChI is InChI=1S/C13H15FN2/c1-2-16-6-5-11-10-4-3-9(14)7-12(10)15-13(11)8-16/h3-4,7,15H,2,5-6,8H2,1H3. The Morgan fingerprint density at radius 3 is 3.12 bits per heavy atom. The van der Waals surface area contributed by atoms with Crippen molar-refractivity contribution in [1.29, 1.82) is 0 Å². The zero-order valence-electron chi connectivity index (χ0n) is 9.39. The van der Waals surface area contributed by atoms with Crippen LogP contribution in [0.4, 0.5) is 4.39 Å². The molecule has 0 unspecified atom stereocenters. The van der Waals surface area contributed by atoms with Crippen LogP contribution in [0.25, 0.3) is 10.9 Å². The number of rotatable bonds is 1. The first-order valence-corrected chi connectivity index (χ1v) is 5.79. The topological polar surface area (TPSA) is 19.0 Å². The van der Waals surface area contributed by atoms with Gasteiger partial charge in [-0.05, 0) is 36.7 Å². The summed E-state index contributed by atoms with van der Waals surface area (Å²) in [6.07, 6.45) is 1.06. The molecule has 2 heterocycles. The van der Waals surface area contributed by atoms with Crippen LogP contribution in [0.3, 0.4) is 0 Å². The van der Waals surface area contributed by atoms with E-state index in [9.17, 15) is 4.39 Å². The highest BCUT2D eigenvalue weighted by molar-refractivity contribution is 5.84. The van der Waals surface area contributed by atoms with Crippen molar-refractivity contribution in [3.8, 4) is 0 Å². The fourth-order valence-electron chi connectivity index (χ4n) is 2.55. The van der Waals surface area contributed by atoms with Gasteiger partial charge in [0, 0.05) is 29.7 Å². The largest absolute Gasteiger partial charge is 0.357 e. The number of aromatic nitrogens is 1. The molecule has 3 rings (SSSR count). The maximum Gasteiger partial charge on any atom is 0.125 e. The van der Waals surface area contributed by atoms with Gasteiger partial charge in [0.05, 0.1) is 0 Å². The van der Waals surface area contributed by atoms with Crippen LogP contribution >= 0.6 is 0 Å².